The summed E-state index contributed by atoms with van der Waals surface area (Å²) in [6.07, 6.45) is 4.55. The second kappa shape index (κ2) is 12.9. The van der Waals surface area contributed by atoms with Crippen molar-refractivity contribution >= 4 is 18.3 Å². The normalized spacial score (nSPS) is 17.9. The van der Waals surface area contributed by atoms with Gasteiger partial charge in [-0.25, -0.2) is 0 Å². The minimum Gasteiger partial charge on any atom is -0.497 e. The molecule has 1 atom stereocenters. The Hall–Kier alpha value is -2.64. The van der Waals surface area contributed by atoms with Gasteiger partial charge in [-0.2, -0.15) is 0 Å². The summed E-state index contributed by atoms with van der Waals surface area (Å²) < 4.78 is 21.9. The monoisotopic (exact) mass is 504 g/mol. The van der Waals surface area contributed by atoms with Crippen LogP contribution in [0.3, 0.4) is 0 Å². The Balaban J connectivity index is 0.00000342. The largest absolute Gasteiger partial charge is 0.497 e. The molecule has 1 fully saturated rings. The number of amides is 1. The lowest BCUT2D eigenvalue weighted by Gasteiger charge is -2.27. The van der Waals surface area contributed by atoms with E-state index in [-0.39, 0.29) is 18.3 Å². The quantitative estimate of drug-likeness (QED) is 0.438. The van der Waals surface area contributed by atoms with Crippen LogP contribution in [0.25, 0.3) is 0 Å². The first-order valence-corrected chi connectivity index (χ1v) is 12.1. The molecule has 2 heterocycles. The van der Waals surface area contributed by atoms with Crippen LogP contribution in [0, 0.1) is 5.92 Å². The maximum absolute atomic E-state index is 13.1. The molecule has 0 aliphatic carbocycles. The summed E-state index contributed by atoms with van der Waals surface area (Å²) in [6.45, 7) is 5.26. The average Bonchev–Trinajstić information content (AvgIpc) is 3.01. The van der Waals surface area contributed by atoms with Gasteiger partial charge in [-0.05, 0) is 73.7 Å². The van der Waals surface area contributed by atoms with Gasteiger partial charge in [-0.1, -0.05) is 6.42 Å². The number of ether oxygens (including phenoxy) is 4. The minimum absolute atomic E-state index is 0. The Kier molecular flexibility index (Phi) is 9.93. The highest BCUT2D eigenvalue weighted by atomic mass is 35.5. The van der Waals surface area contributed by atoms with E-state index in [9.17, 15) is 4.79 Å². The molecule has 2 aromatic carbocycles. The number of halogens is 1. The van der Waals surface area contributed by atoms with Crippen molar-refractivity contribution < 1.29 is 23.7 Å². The minimum atomic E-state index is 0. The average molecular weight is 505 g/mol. The summed E-state index contributed by atoms with van der Waals surface area (Å²) in [5.41, 5.74) is 1.75. The van der Waals surface area contributed by atoms with Crippen LogP contribution in [-0.4, -0.2) is 69.8 Å². The highest BCUT2D eigenvalue weighted by molar-refractivity contribution is 5.99. The van der Waals surface area contributed by atoms with Crippen LogP contribution in [0.4, 0.5) is 0 Å². The molecule has 2 aliphatic rings. The zero-order chi connectivity index (χ0) is 23.9. The van der Waals surface area contributed by atoms with Crippen molar-refractivity contribution in [3.05, 3.63) is 47.5 Å². The van der Waals surface area contributed by atoms with E-state index in [1.54, 1.807) is 21.3 Å². The van der Waals surface area contributed by atoms with Gasteiger partial charge in [0.1, 0.15) is 11.5 Å². The molecule has 192 valence electrons. The van der Waals surface area contributed by atoms with Gasteiger partial charge in [0, 0.05) is 31.7 Å². The van der Waals surface area contributed by atoms with Crippen LogP contribution in [-0.2, 0) is 6.54 Å². The summed E-state index contributed by atoms with van der Waals surface area (Å²) in [4.78, 5) is 17.6. The topological polar surface area (TPSA) is 60.5 Å². The van der Waals surface area contributed by atoms with Crippen LogP contribution in [0.1, 0.15) is 41.6 Å². The number of methoxy groups -OCH3 is 3. The van der Waals surface area contributed by atoms with Crippen molar-refractivity contribution in [2.75, 3.05) is 54.1 Å². The summed E-state index contributed by atoms with van der Waals surface area (Å²) >= 11 is 0. The summed E-state index contributed by atoms with van der Waals surface area (Å²) in [6, 6.07) is 11.5. The van der Waals surface area contributed by atoms with E-state index < -0.39 is 0 Å². The van der Waals surface area contributed by atoms with E-state index in [0.29, 0.717) is 30.6 Å². The van der Waals surface area contributed by atoms with Crippen LogP contribution in [0.2, 0.25) is 0 Å². The third kappa shape index (κ3) is 6.73. The molecular formula is C27H37ClN2O5. The fourth-order valence-corrected chi connectivity index (χ4v) is 4.98. The lowest BCUT2D eigenvalue weighted by molar-refractivity contribution is 0.0735. The van der Waals surface area contributed by atoms with Gasteiger partial charge >= 0.3 is 0 Å². The number of hydrogen-bond donors (Lipinski definition) is 0. The molecule has 4 rings (SSSR count). The lowest BCUT2D eigenvalue weighted by atomic mass is 10.0. The van der Waals surface area contributed by atoms with Crippen LogP contribution < -0.4 is 18.9 Å². The molecule has 0 saturated carbocycles. The molecule has 0 radical (unpaired) electrons. The Morgan fingerprint density at radius 2 is 1.66 bits per heavy atom. The molecule has 1 amide bonds. The second-order valence-electron chi connectivity index (χ2n) is 9.09. The molecule has 0 aromatic heterocycles. The van der Waals surface area contributed by atoms with Crippen LogP contribution >= 0.6 is 12.4 Å². The first-order chi connectivity index (χ1) is 16.6. The van der Waals surface area contributed by atoms with Gasteiger partial charge in [0.15, 0.2) is 11.5 Å². The molecular weight excluding hydrogens is 468 g/mol. The Morgan fingerprint density at radius 1 is 0.943 bits per heavy atom. The SMILES string of the molecule is COc1ccc(OCCCN2CCCCC(CN3Cc4cc(OC)c(OC)cc4C3=O)C2)cc1.Cl. The highest BCUT2D eigenvalue weighted by Gasteiger charge is 2.31. The van der Waals surface area contributed by atoms with Gasteiger partial charge in [-0.15, -0.1) is 12.4 Å². The maximum atomic E-state index is 13.1. The first-order valence-electron chi connectivity index (χ1n) is 12.1. The van der Waals surface area contributed by atoms with E-state index >= 15 is 0 Å². The second-order valence-corrected chi connectivity index (χ2v) is 9.09. The number of hydrogen-bond acceptors (Lipinski definition) is 6. The van der Waals surface area contributed by atoms with Crippen molar-refractivity contribution in [3.63, 3.8) is 0 Å². The van der Waals surface area contributed by atoms with Crippen molar-refractivity contribution in [2.45, 2.75) is 32.2 Å². The lowest BCUT2D eigenvalue weighted by Crippen LogP contribution is -2.36. The third-order valence-corrected chi connectivity index (χ3v) is 6.77. The smallest absolute Gasteiger partial charge is 0.254 e. The molecule has 2 aromatic rings. The van der Waals surface area contributed by atoms with E-state index in [2.05, 4.69) is 4.90 Å². The van der Waals surface area contributed by atoms with E-state index in [1.807, 2.05) is 41.3 Å². The molecule has 0 bridgehead atoms. The van der Waals surface area contributed by atoms with Gasteiger partial charge in [0.2, 0.25) is 0 Å². The Bertz CT molecular complexity index is 969. The Labute approximate surface area is 214 Å². The number of rotatable bonds is 10. The van der Waals surface area contributed by atoms with Crippen LogP contribution in [0.5, 0.6) is 23.0 Å². The molecule has 8 heteroatoms. The molecule has 35 heavy (non-hydrogen) atoms. The molecule has 1 unspecified atom stereocenters. The molecule has 0 N–H and O–H groups in total. The molecule has 0 spiro atoms. The van der Waals surface area contributed by atoms with E-state index in [0.717, 1.165) is 61.6 Å². The van der Waals surface area contributed by atoms with Crippen LogP contribution in [0.15, 0.2) is 36.4 Å². The Morgan fingerprint density at radius 3 is 2.37 bits per heavy atom. The van der Waals surface area contributed by atoms with Crippen molar-refractivity contribution in [1.29, 1.82) is 0 Å². The summed E-state index contributed by atoms with van der Waals surface area (Å²) in [7, 11) is 4.89. The molecule has 1 saturated heterocycles. The number of carbonyl (C=O) groups is 1. The number of fused-ring (bicyclic) bond motifs is 1. The summed E-state index contributed by atoms with van der Waals surface area (Å²) in [5.74, 6) is 3.56. The third-order valence-electron chi connectivity index (χ3n) is 6.77. The number of carbonyl (C=O) groups excluding carboxylic acids is 1. The van der Waals surface area contributed by atoms with E-state index in [1.165, 1.54) is 12.8 Å². The predicted octanol–water partition coefficient (Wildman–Crippen LogP) is 4.66. The number of nitrogens with zero attached hydrogens (tertiary/aromatic N) is 2. The number of benzene rings is 2. The van der Waals surface area contributed by atoms with Gasteiger partial charge < -0.3 is 28.7 Å². The first kappa shape index (κ1) is 27.0. The fourth-order valence-electron chi connectivity index (χ4n) is 4.98. The zero-order valence-electron chi connectivity index (χ0n) is 21.0. The zero-order valence-corrected chi connectivity index (χ0v) is 21.8. The van der Waals surface area contributed by atoms with Gasteiger partial charge in [0.05, 0.1) is 27.9 Å². The van der Waals surface area contributed by atoms with Gasteiger partial charge in [-0.3, -0.25) is 4.79 Å². The molecule has 2 aliphatic heterocycles. The highest BCUT2D eigenvalue weighted by Crippen LogP contribution is 2.35. The standard InChI is InChI=1S/C27H36N2O5.ClH/c1-31-22-8-10-23(11-9-22)34-14-6-13-28-12-5-4-7-20(17-28)18-29-19-21-15-25(32-2)26(33-3)16-24(21)27(29)30;/h8-11,15-16,20H,4-7,12-14,17-19H2,1-3H3;1H. The van der Waals surface area contributed by atoms with Crippen molar-refractivity contribution in [2.24, 2.45) is 5.92 Å². The van der Waals surface area contributed by atoms with Gasteiger partial charge in [0.25, 0.3) is 5.91 Å². The maximum Gasteiger partial charge on any atom is 0.254 e. The molecule has 7 nitrogen and oxygen atoms in total. The summed E-state index contributed by atoms with van der Waals surface area (Å²) in [5, 5.41) is 0. The fraction of sp³-hybridized carbons (Fsp3) is 0.519. The van der Waals surface area contributed by atoms with Crippen molar-refractivity contribution in [1.82, 2.24) is 9.80 Å². The number of likely N-dealkylation sites (tertiary alicyclic amines) is 1. The predicted molar refractivity (Wildman–Crippen MR) is 138 cm³/mol. The van der Waals surface area contributed by atoms with E-state index in [4.69, 9.17) is 18.9 Å². The van der Waals surface area contributed by atoms with Crippen molar-refractivity contribution in [3.8, 4) is 23.0 Å².